The Morgan fingerprint density at radius 1 is 1.14 bits per heavy atom. The predicted octanol–water partition coefficient (Wildman–Crippen LogP) is 0.583. The van der Waals surface area contributed by atoms with Gasteiger partial charge >= 0.3 is 0 Å². The summed E-state index contributed by atoms with van der Waals surface area (Å²) >= 11 is 0. The zero-order valence-electron chi connectivity index (χ0n) is 16.2. The van der Waals surface area contributed by atoms with Gasteiger partial charge in [0.05, 0.1) is 5.57 Å². The van der Waals surface area contributed by atoms with Gasteiger partial charge in [-0.1, -0.05) is 11.6 Å². The summed E-state index contributed by atoms with van der Waals surface area (Å²) in [7, 11) is 1.90. The average Bonchev–Trinajstić information content (AvgIpc) is 2.93. The number of piperidine rings is 1. The van der Waals surface area contributed by atoms with Crippen molar-refractivity contribution >= 4 is 23.6 Å². The molecule has 2 aliphatic heterocycles. The predicted molar refractivity (Wildman–Crippen MR) is 101 cm³/mol. The maximum absolute atomic E-state index is 13.0. The molecular formula is C20H27N3O5. The Balaban J connectivity index is 1.66. The Morgan fingerprint density at radius 2 is 1.93 bits per heavy atom. The third-order valence-corrected chi connectivity index (χ3v) is 5.30. The molecule has 0 aromatic rings. The molecule has 2 fully saturated rings. The maximum atomic E-state index is 13.0. The summed E-state index contributed by atoms with van der Waals surface area (Å²) in [5, 5.41) is 5.29. The Hall–Kier alpha value is -2.32. The van der Waals surface area contributed by atoms with Gasteiger partial charge in [0.15, 0.2) is 0 Å². The summed E-state index contributed by atoms with van der Waals surface area (Å²) in [5.74, 6) is -1.77. The number of likely N-dealkylation sites (tertiary alicyclic amines) is 1. The van der Waals surface area contributed by atoms with E-state index in [4.69, 9.17) is 4.74 Å². The van der Waals surface area contributed by atoms with Crippen LogP contribution in [-0.4, -0.2) is 61.4 Å². The van der Waals surface area contributed by atoms with Crippen molar-refractivity contribution in [2.75, 3.05) is 26.8 Å². The largest absolute Gasteiger partial charge is 0.381 e. The van der Waals surface area contributed by atoms with Crippen molar-refractivity contribution in [2.45, 2.75) is 51.0 Å². The molecular weight excluding hydrogens is 362 g/mol. The van der Waals surface area contributed by atoms with Gasteiger partial charge in [-0.2, -0.15) is 0 Å². The molecule has 0 radical (unpaired) electrons. The van der Waals surface area contributed by atoms with E-state index in [9.17, 15) is 19.2 Å². The molecule has 3 aliphatic rings. The van der Waals surface area contributed by atoms with Crippen molar-refractivity contribution < 1.29 is 23.9 Å². The lowest BCUT2D eigenvalue weighted by Gasteiger charge is -2.27. The van der Waals surface area contributed by atoms with E-state index in [0.717, 1.165) is 36.3 Å². The van der Waals surface area contributed by atoms with Crippen LogP contribution in [-0.2, 0) is 23.9 Å². The summed E-state index contributed by atoms with van der Waals surface area (Å²) in [4.78, 5) is 50.4. The number of nitrogens with zero attached hydrogens (tertiary/aromatic N) is 1. The van der Waals surface area contributed by atoms with E-state index in [2.05, 4.69) is 10.6 Å². The van der Waals surface area contributed by atoms with Crippen molar-refractivity contribution in [2.24, 2.45) is 0 Å². The number of imide groups is 2. The van der Waals surface area contributed by atoms with Crippen LogP contribution in [0, 0.1) is 0 Å². The van der Waals surface area contributed by atoms with E-state index in [0.29, 0.717) is 37.2 Å². The fourth-order valence-electron chi connectivity index (χ4n) is 3.91. The molecule has 8 heteroatoms. The van der Waals surface area contributed by atoms with Crippen LogP contribution in [0.2, 0.25) is 0 Å². The second kappa shape index (κ2) is 9.25. The third kappa shape index (κ3) is 4.23. The molecule has 0 aromatic carbocycles. The molecule has 2 heterocycles. The molecule has 0 spiro atoms. The van der Waals surface area contributed by atoms with Crippen LogP contribution in [0.5, 0.6) is 0 Å². The highest BCUT2D eigenvalue weighted by molar-refractivity contribution is 6.26. The molecule has 1 aliphatic carbocycles. The first-order chi connectivity index (χ1) is 13.5. The zero-order chi connectivity index (χ0) is 20.1. The minimum absolute atomic E-state index is 0.128. The topological polar surface area (TPSA) is 105 Å². The zero-order valence-corrected chi connectivity index (χ0v) is 16.2. The second-order valence-corrected chi connectivity index (χ2v) is 7.26. The van der Waals surface area contributed by atoms with Crippen molar-refractivity contribution in [3.8, 4) is 0 Å². The molecule has 1 unspecified atom stereocenters. The highest BCUT2D eigenvalue weighted by Crippen LogP contribution is 2.37. The number of carbonyl (C=O) groups is 4. The van der Waals surface area contributed by atoms with Crippen molar-refractivity contribution in [3.05, 3.63) is 22.8 Å². The van der Waals surface area contributed by atoms with E-state index < -0.39 is 23.8 Å². The Bertz CT molecular complexity index is 740. The number of amides is 4. The molecule has 28 heavy (non-hydrogen) atoms. The third-order valence-electron chi connectivity index (χ3n) is 5.30. The van der Waals surface area contributed by atoms with E-state index in [1.165, 1.54) is 0 Å². The molecule has 0 aromatic heterocycles. The van der Waals surface area contributed by atoms with Gasteiger partial charge in [-0.3, -0.25) is 29.4 Å². The Kier molecular flexibility index (Phi) is 6.74. The number of rotatable bonds is 9. The normalized spacial score (nSPS) is 22.5. The number of hydrogen-bond donors (Lipinski definition) is 2. The van der Waals surface area contributed by atoms with Gasteiger partial charge in [0.1, 0.15) is 6.04 Å². The quantitative estimate of drug-likeness (QED) is 0.442. The Labute approximate surface area is 164 Å². The van der Waals surface area contributed by atoms with Gasteiger partial charge in [-0.25, -0.2) is 0 Å². The summed E-state index contributed by atoms with van der Waals surface area (Å²) in [6.45, 7) is 2.22. The Morgan fingerprint density at radius 3 is 2.68 bits per heavy atom. The second-order valence-electron chi connectivity index (χ2n) is 7.26. The first-order valence-corrected chi connectivity index (χ1v) is 9.91. The van der Waals surface area contributed by atoms with Gasteiger partial charge in [-0.05, 0) is 52.1 Å². The van der Waals surface area contributed by atoms with E-state index >= 15 is 0 Å². The molecule has 152 valence electrons. The average molecular weight is 389 g/mol. The SMILES string of the molecule is CNCCCOCCCC1=C2C(=O)N(C3CCC(=O)NC3=O)C(=O)C2=CCC1. The van der Waals surface area contributed by atoms with Crippen molar-refractivity contribution in [3.63, 3.8) is 0 Å². The monoisotopic (exact) mass is 389 g/mol. The molecule has 2 saturated heterocycles. The van der Waals surface area contributed by atoms with Crippen LogP contribution in [0.15, 0.2) is 22.8 Å². The molecule has 0 saturated carbocycles. The van der Waals surface area contributed by atoms with Crippen LogP contribution in [0.1, 0.15) is 44.9 Å². The smallest absolute Gasteiger partial charge is 0.262 e. The first kappa shape index (κ1) is 20.4. The molecule has 8 nitrogen and oxygen atoms in total. The number of ether oxygens (including phenoxy) is 1. The van der Waals surface area contributed by atoms with Gasteiger partial charge in [0.2, 0.25) is 11.8 Å². The van der Waals surface area contributed by atoms with Crippen LogP contribution >= 0.6 is 0 Å². The van der Waals surface area contributed by atoms with Crippen LogP contribution < -0.4 is 10.6 Å². The van der Waals surface area contributed by atoms with Gasteiger partial charge in [0.25, 0.3) is 11.8 Å². The van der Waals surface area contributed by atoms with Crippen LogP contribution in [0.4, 0.5) is 0 Å². The van der Waals surface area contributed by atoms with Crippen molar-refractivity contribution in [1.82, 2.24) is 15.5 Å². The summed E-state index contributed by atoms with van der Waals surface area (Å²) in [6, 6.07) is -0.909. The molecule has 4 amide bonds. The fraction of sp³-hybridized carbons (Fsp3) is 0.600. The van der Waals surface area contributed by atoms with E-state index in [1.807, 2.05) is 7.05 Å². The summed E-state index contributed by atoms with van der Waals surface area (Å²) in [5.41, 5.74) is 1.83. The fourth-order valence-corrected chi connectivity index (χ4v) is 3.91. The minimum Gasteiger partial charge on any atom is -0.381 e. The van der Waals surface area contributed by atoms with Crippen molar-refractivity contribution in [1.29, 1.82) is 0 Å². The highest BCUT2D eigenvalue weighted by atomic mass is 16.5. The van der Waals surface area contributed by atoms with Gasteiger partial charge < -0.3 is 10.1 Å². The number of nitrogens with one attached hydrogen (secondary N) is 2. The highest BCUT2D eigenvalue weighted by Gasteiger charge is 2.47. The maximum Gasteiger partial charge on any atom is 0.262 e. The van der Waals surface area contributed by atoms with Gasteiger partial charge in [-0.15, -0.1) is 0 Å². The molecule has 0 bridgehead atoms. The first-order valence-electron chi connectivity index (χ1n) is 9.91. The van der Waals surface area contributed by atoms with Gasteiger partial charge in [0, 0.05) is 25.2 Å². The standard InChI is InChI=1S/C20H27N3O5/c1-21-10-4-12-28-11-3-6-13-5-2-7-14-17(13)20(27)23(19(14)26)15-8-9-16(24)22-18(15)25/h7,15,21H,2-6,8-12H2,1H3,(H,22,24,25). The molecule has 2 N–H and O–H groups in total. The van der Waals surface area contributed by atoms with Crippen LogP contribution in [0.25, 0.3) is 0 Å². The summed E-state index contributed by atoms with van der Waals surface area (Å²) in [6.07, 6.45) is 5.97. The molecule has 3 rings (SSSR count). The number of allylic oxidation sites excluding steroid dienone is 2. The number of fused-ring (bicyclic) bond motifs is 1. The summed E-state index contributed by atoms with van der Waals surface area (Å²) < 4.78 is 5.60. The lowest BCUT2D eigenvalue weighted by Crippen LogP contribution is -2.54. The minimum atomic E-state index is -0.909. The number of hydrogen-bond acceptors (Lipinski definition) is 6. The lowest BCUT2D eigenvalue weighted by atomic mass is 9.89. The molecule has 1 atom stereocenters. The van der Waals surface area contributed by atoms with Crippen LogP contribution in [0.3, 0.4) is 0 Å². The van der Waals surface area contributed by atoms with E-state index in [-0.39, 0.29) is 18.7 Å². The van der Waals surface area contributed by atoms with E-state index in [1.54, 1.807) is 6.08 Å². The number of carbonyl (C=O) groups excluding carboxylic acids is 4. The lowest BCUT2D eigenvalue weighted by molar-refractivity contribution is -0.149.